The molecule has 37 heavy (non-hydrogen) atoms. The van der Waals surface area contributed by atoms with Crippen molar-refractivity contribution in [3.63, 3.8) is 0 Å². The lowest BCUT2D eigenvalue weighted by atomic mass is 9.92. The first-order valence-electron chi connectivity index (χ1n) is 12.6. The van der Waals surface area contributed by atoms with Crippen molar-refractivity contribution in [1.82, 2.24) is 15.1 Å². The molecular weight excluding hydrogens is 494 g/mol. The molecule has 10 nitrogen and oxygen atoms in total. The predicted molar refractivity (Wildman–Crippen MR) is 141 cm³/mol. The lowest BCUT2D eigenvalue weighted by molar-refractivity contribution is -0.137. The third kappa shape index (κ3) is 6.85. The topological polar surface area (TPSA) is 123 Å². The third-order valence-corrected chi connectivity index (χ3v) is 7.42. The van der Waals surface area contributed by atoms with E-state index in [1.165, 1.54) is 17.2 Å². The number of unbranched alkanes of at least 4 members (excludes halogenated alkanes) is 1. The molecule has 0 saturated carbocycles. The molecule has 0 unspecified atom stereocenters. The fourth-order valence-corrected chi connectivity index (χ4v) is 5.43. The monoisotopic (exact) mass is 525 g/mol. The molecule has 0 radical (unpaired) electrons. The van der Waals surface area contributed by atoms with Crippen LogP contribution < -0.4 is 19.7 Å². The van der Waals surface area contributed by atoms with E-state index in [2.05, 4.69) is 37.5 Å². The summed E-state index contributed by atoms with van der Waals surface area (Å²) < 4.78 is 16.2. The van der Waals surface area contributed by atoms with Gasteiger partial charge in [-0.2, -0.15) is 16.7 Å². The molecule has 0 amide bonds. The van der Waals surface area contributed by atoms with Gasteiger partial charge in [-0.1, -0.05) is 11.2 Å². The molecule has 11 heteroatoms. The van der Waals surface area contributed by atoms with E-state index in [0.717, 1.165) is 43.9 Å². The van der Waals surface area contributed by atoms with Crippen molar-refractivity contribution in [3.05, 3.63) is 53.8 Å². The van der Waals surface area contributed by atoms with Gasteiger partial charge in [-0.15, -0.1) is 0 Å². The molecule has 1 saturated heterocycles. The van der Waals surface area contributed by atoms with Gasteiger partial charge in [0.15, 0.2) is 17.3 Å². The smallest absolute Gasteiger partial charge is 0.303 e. The first-order chi connectivity index (χ1) is 18.1. The van der Waals surface area contributed by atoms with E-state index >= 15 is 0 Å². The van der Waals surface area contributed by atoms with E-state index in [9.17, 15) is 9.90 Å². The van der Waals surface area contributed by atoms with Crippen LogP contribution in [0.1, 0.15) is 42.5 Å². The number of aliphatic carboxylic acids is 1. The second-order valence-corrected chi connectivity index (χ2v) is 10.3. The Balaban J connectivity index is 1.09. The summed E-state index contributed by atoms with van der Waals surface area (Å²) in [5, 5.41) is 16.9. The first-order valence-corrected chi connectivity index (χ1v) is 13.7. The van der Waals surface area contributed by atoms with Crippen LogP contribution in [0, 0.1) is 0 Å². The van der Waals surface area contributed by atoms with E-state index in [1.807, 2.05) is 30.1 Å². The van der Waals surface area contributed by atoms with Gasteiger partial charge in [0.1, 0.15) is 5.82 Å². The van der Waals surface area contributed by atoms with Crippen LogP contribution in [0.4, 0.5) is 11.5 Å². The number of hydrogen-bond donors (Lipinski definition) is 2. The minimum absolute atomic E-state index is 0.0466. The van der Waals surface area contributed by atoms with Gasteiger partial charge < -0.3 is 29.3 Å². The molecule has 2 aromatic heterocycles. The molecule has 0 bridgehead atoms. The summed E-state index contributed by atoms with van der Waals surface area (Å²) in [6.45, 7) is 3.14. The third-order valence-electron chi connectivity index (χ3n) is 6.47. The number of nitrogens with one attached hydrogen (secondary N) is 1. The number of fused-ring (bicyclic) bond motifs is 1. The highest BCUT2D eigenvalue weighted by Crippen LogP contribution is 2.36. The van der Waals surface area contributed by atoms with Crippen molar-refractivity contribution < 1.29 is 23.9 Å². The number of carboxylic acids is 1. The van der Waals surface area contributed by atoms with Crippen LogP contribution in [0.15, 0.2) is 41.1 Å². The van der Waals surface area contributed by atoms with Crippen molar-refractivity contribution in [1.29, 1.82) is 0 Å². The molecular formula is C26H31N5O5S. The van der Waals surface area contributed by atoms with Crippen LogP contribution in [0.5, 0.6) is 11.5 Å². The number of nitrogens with zero attached hydrogens (tertiary/aromatic N) is 4. The van der Waals surface area contributed by atoms with Gasteiger partial charge in [0.2, 0.25) is 12.7 Å². The maximum Gasteiger partial charge on any atom is 0.303 e. The predicted octanol–water partition coefficient (Wildman–Crippen LogP) is 3.98. The van der Waals surface area contributed by atoms with Gasteiger partial charge in [-0.3, -0.25) is 4.79 Å². The van der Waals surface area contributed by atoms with Crippen molar-refractivity contribution in [2.75, 3.05) is 48.1 Å². The molecule has 4 heterocycles. The molecule has 196 valence electrons. The number of thioether (sulfide) groups is 1. The maximum absolute atomic E-state index is 11.5. The molecule has 0 aliphatic carbocycles. The minimum atomic E-state index is -0.884. The van der Waals surface area contributed by atoms with Gasteiger partial charge in [-0.25, -0.2) is 4.98 Å². The van der Waals surface area contributed by atoms with Crippen LogP contribution in [0.2, 0.25) is 0 Å². The van der Waals surface area contributed by atoms with E-state index in [0.29, 0.717) is 36.1 Å². The first kappa shape index (κ1) is 25.2. The maximum atomic E-state index is 11.5. The second-order valence-electron chi connectivity index (χ2n) is 9.10. The average molecular weight is 526 g/mol. The van der Waals surface area contributed by atoms with Crippen molar-refractivity contribution in [3.8, 4) is 11.5 Å². The summed E-state index contributed by atoms with van der Waals surface area (Å²) in [5.41, 5.74) is 2.06. The molecule has 1 aromatic carbocycles. The Morgan fingerprint density at radius 1 is 1.14 bits per heavy atom. The molecule has 3 aromatic rings. The highest BCUT2D eigenvalue weighted by atomic mass is 32.2. The zero-order chi connectivity index (χ0) is 25.5. The number of hydrogen-bond acceptors (Lipinski definition) is 10. The Morgan fingerprint density at radius 2 is 2.00 bits per heavy atom. The minimum Gasteiger partial charge on any atom is -0.481 e. The molecule has 1 fully saturated rings. The summed E-state index contributed by atoms with van der Waals surface area (Å²) in [6, 6.07) is 9.69. The van der Waals surface area contributed by atoms with E-state index in [4.69, 9.17) is 14.0 Å². The number of anilines is 2. The standard InChI is InChI=1S/C26H31N5O5S/c32-26(33)15-19(18-4-5-21-22(13-18)35-17-34-21)14-25-29-23(30-36-25)3-1-2-7-27-24-16-20(6-8-28-24)31-9-11-37-12-10-31/h4-6,8,13,16,19H,1-3,7,9-12,14-15,17H2,(H,27,28)(H,32,33)/t19-/m0/s1. The number of benzene rings is 1. The van der Waals surface area contributed by atoms with Crippen molar-refractivity contribution >= 4 is 29.2 Å². The Kier molecular flexibility index (Phi) is 8.29. The highest BCUT2D eigenvalue weighted by molar-refractivity contribution is 7.99. The van der Waals surface area contributed by atoms with Gasteiger partial charge in [0.05, 0.1) is 6.42 Å². The van der Waals surface area contributed by atoms with Crippen molar-refractivity contribution in [2.24, 2.45) is 0 Å². The number of aromatic nitrogens is 3. The van der Waals surface area contributed by atoms with Gasteiger partial charge in [0, 0.05) is 67.9 Å². The SMILES string of the molecule is O=C(O)C[C@H](Cc1nc(CCCCNc2cc(N3CCSCC3)ccn2)no1)c1ccc2c(c1)OCO2. The lowest BCUT2D eigenvalue weighted by Crippen LogP contribution is -2.32. The average Bonchev–Trinajstić information content (AvgIpc) is 3.57. The molecule has 2 aliphatic heterocycles. The Morgan fingerprint density at radius 3 is 2.86 bits per heavy atom. The van der Waals surface area contributed by atoms with Crippen LogP contribution >= 0.6 is 11.8 Å². The number of ether oxygens (including phenoxy) is 2. The van der Waals surface area contributed by atoms with Crippen LogP contribution in [0.3, 0.4) is 0 Å². The van der Waals surface area contributed by atoms with Crippen LogP contribution in [0.25, 0.3) is 0 Å². The molecule has 1 atom stereocenters. The van der Waals surface area contributed by atoms with Gasteiger partial charge in [0.25, 0.3) is 0 Å². The number of rotatable bonds is 12. The van der Waals surface area contributed by atoms with E-state index in [1.54, 1.807) is 6.07 Å². The second kappa shape index (κ2) is 12.2. The fourth-order valence-electron chi connectivity index (χ4n) is 4.53. The Hall–Kier alpha value is -3.47. The van der Waals surface area contributed by atoms with Crippen molar-refractivity contribution in [2.45, 2.75) is 38.0 Å². The number of carbonyl (C=O) groups is 1. The summed E-state index contributed by atoms with van der Waals surface area (Å²) in [6.07, 6.45) is 4.69. The Labute approximate surface area is 219 Å². The number of aryl methyl sites for hydroxylation is 1. The molecule has 0 spiro atoms. The zero-order valence-electron chi connectivity index (χ0n) is 20.6. The fraction of sp³-hybridized carbons (Fsp3) is 0.462. The van der Waals surface area contributed by atoms with Crippen LogP contribution in [-0.2, 0) is 17.6 Å². The Bertz CT molecular complexity index is 1200. The number of pyridine rings is 1. The largest absolute Gasteiger partial charge is 0.481 e. The van der Waals surface area contributed by atoms with E-state index in [-0.39, 0.29) is 19.1 Å². The highest BCUT2D eigenvalue weighted by Gasteiger charge is 2.23. The van der Waals surface area contributed by atoms with Gasteiger partial charge in [-0.05, 0) is 36.6 Å². The summed E-state index contributed by atoms with van der Waals surface area (Å²) in [5.74, 6) is 4.40. The summed E-state index contributed by atoms with van der Waals surface area (Å²) in [4.78, 5) is 22.8. The normalized spacial score (nSPS) is 15.5. The molecule has 2 aliphatic rings. The molecule has 5 rings (SSSR count). The summed E-state index contributed by atoms with van der Waals surface area (Å²) in [7, 11) is 0. The zero-order valence-corrected chi connectivity index (χ0v) is 21.4. The molecule has 2 N–H and O–H groups in total. The lowest BCUT2D eigenvalue weighted by Gasteiger charge is -2.28. The van der Waals surface area contributed by atoms with Gasteiger partial charge >= 0.3 is 5.97 Å². The summed E-state index contributed by atoms with van der Waals surface area (Å²) >= 11 is 2.00. The van der Waals surface area contributed by atoms with Crippen LogP contribution in [-0.4, -0.2) is 64.1 Å². The van der Waals surface area contributed by atoms with E-state index < -0.39 is 5.97 Å². The number of carboxylic acid groups (broad SMARTS) is 1. The quantitative estimate of drug-likeness (QED) is 0.334.